The molecule has 134 valence electrons. The van der Waals surface area contributed by atoms with E-state index in [1.54, 1.807) is 6.20 Å². The molecule has 1 aromatic heterocycles. The van der Waals surface area contributed by atoms with Crippen LogP contribution in [-0.4, -0.2) is 33.8 Å². The largest absolute Gasteiger partial charge is 0.374 e. The number of amides is 2. The maximum atomic E-state index is 12.8. The van der Waals surface area contributed by atoms with E-state index in [0.29, 0.717) is 6.61 Å². The first-order valence-electron chi connectivity index (χ1n) is 8.90. The monoisotopic (exact) mass is 342 g/mol. The number of hydrogen-bond acceptors (Lipinski definition) is 3. The number of rotatable bonds is 5. The van der Waals surface area contributed by atoms with Gasteiger partial charge in [0.15, 0.2) is 0 Å². The second kappa shape index (κ2) is 8.16. The number of carbonyl (C=O) groups is 1. The number of likely N-dealkylation sites (tertiary alicyclic amines) is 1. The second-order valence-corrected chi connectivity index (χ2v) is 6.73. The summed E-state index contributed by atoms with van der Waals surface area (Å²) in [6, 6.07) is 7.85. The van der Waals surface area contributed by atoms with Crippen LogP contribution in [0.4, 0.5) is 10.5 Å². The lowest BCUT2D eigenvalue weighted by Crippen LogP contribution is -2.41. The van der Waals surface area contributed by atoms with Crippen molar-refractivity contribution in [2.45, 2.75) is 51.9 Å². The number of hydrogen-bond donors (Lipinski definition) is 2. The number of anilines is 1. The molecule has 1 aliphatic rings. The number of nitrogens with one attached hydrogen (secondary N) is 2. The highest BCUT2D eigenvalue weighted by atomic mass is 16.5. The number of carbonyl (C=O) groups excluding carboxylic acids is 1. The molecule has 25 heavy (non-hydrogen) atoms. The fourth-order valence-electron chi connectivity index (χ4n) is 3.16. The molecule has 1 fully saturated rings. The van der Waals surface area contributed by atoms with Gasteiger partial charge in [-0.1, -0.05) is 12.1 Å². The molecule has 6 heteroatoms. The summed E-state index contributed by atoms with van der Waals surface area (Å²) < 4.78 is 5.64. The van der Waals surface area contributed by atoms with Gasteiger partial charge in [-0.15, -0.1) is 0 Å². The van der Waals surface area contributed by atoms with E-state index in [-0.39, 0.29) is 18.2 Å². The Morgan fingerprint density at radius 3 is 3.08 bits per heavy atom. The minimum atomic E-state index is -0.0622. The molecule has 1 saturated heterocycles. The van der Waals surface area contributed by atoms with Crippen LogP contribution in [0.25, 0.3) is 0 Å². The minimum absolute atomic E-state index is 0.0622. The molecule has 2 amide bonds. The summed E-state index contributed by atoms with van der Waals surface area (Å²) in [5, 5.41) is 9.90. The Hall–Kier alpha value is -2.34. The lowest BCUT2D eigenvalue weighted by molar-refractivity contribution is 0.0657. The lowest BCUT2D eigenvalue weighted by atomic mass is 9.98. The molecule has 2 aromatic rings. The zero-order valence-electron chi connectivity index (χ0n) is 14.9. The molecular weight excluding hydrogens is 316 g/mol. The molecule has 2 heterocycles. The van der Waals surface area contributed by atoms with E-state index in [1.807, 2.05) is 49.2 Å². The van der Waals surface area contributed by atoms with Crippen molar-refractivity contribution < 1.29 is 9.53 Å². The summed E-state index contributed by atoms with van der Waals surface area (Å²) >= 11 is 0. The summed E-state index contributed by atoms with van der Waals surface area (Å²) in [4.78, 5) is 14.7. The SMILES string of the molecule is CC(C)OCc1cccc(NC(=O)N2CCCC[C@H]2c2cn[nH]c2)c1. The number of ether oxygens (including phenoxy) is 1. The van der Waals surface area contributed by atoms with E-state index >= 15 is 0 Å². The molecule has 0 bridgehead atoms. The van der Waals surface area contributed by atoms with E-state index < -0.39 is 0 Å². The van der Waals surface area contributed by atoms with E-state index in [4.69, 9.17) is 4.74 Å². The van der Waals surface area contributed by atoms with E-state index in [9.17, 15) is 4.79 Å². The van der Waals surface area contributed by atoms with Crippen molar-refractivity contribution in [3.8, 4) is 0 Å². The number of urea groups is 1. The Balaban J connectivity index is 1.67. The van der Waals surface area contributed by atoms with Gasteiger partial charge in [0.05, 0.1) is 24.9 Å². The van der Waals surface area contributed by atoms with Crippen molar-refractivity contribution in [2.24, 2.45) is 0 Å². The van der Waals surface area contributed by atoms with Gasteiger partial charge in [-0.2, -0.15) is 5.10 Å². The van der Waals surface area contributed by atoms with Gasteiger partial charge in [-0.25, -0.2) is 4.79 Å². The first-order chi connectivity index (χ1) is 12.1. The number of benzene rings is 1. The summed E-state index contributed by atoms with van der Waals surface area (Å²) in [5.41, 5.74) is 2.91. The molecule has 0 radical (unpaired) electrons. The Labute approximate surface area is 148 Å². The molecule has 0 spiro atoms. The van der Waals surface area contributed by atoms with Crippen LogP contribution in [0.15, 0.2) is 36.7 Å². The average Bonchev–Trinajstić information content (AvgIpc) is 3.15. The maximum Gasteiger partial charge on any atom is 0.322 e. The first kappa shape index (κ1) is 17.5. The Kier molecular flexibility index (Phi) is 5.71. The number of aromatic amines is 1. The Bertz CT molecular complexity index is 684. The zero-order chi connectivity index (χ0) is 17.6. The van der Waals surface area contributed by atoms with Gasteiger partial charge in [0.25, 0.3) is 0 Å². The number of H-pyrrole nitrogens is 1. The molecule has 3 rings (SSSR count). The maximum absolute atomic E-state index is 12.8. The van der Waals surface area contributed by atoms with Gasteiger partial charge in [-0.3, -0.25) is 5.10 Å². The molecule has 0 unspecified atom stereocenters. The zero-order valence-corrected chi connectivity index (χ0v) is 14.9. The molecule has 0 aliphatic carbocycles. The van der Waals surface area contributed by atoms with Crippen LogP contribution in [0.3, 0.4) is 0 Å². The predicted molar refractivity (Wildman–Crippen MR) is 97.3 cm³/mol. The molecule has 1 atom stereocenters. The van der Waals surface area contributed by atoms with Crippen LogP contribution in [0.2, 0.25) is 0 Å². The van der Waals surface area contributed by atoms with Crippen molar-refractivity contribution in [3.63, 3.8) is 0 Å². The van der Waals surface area contributed by atoms with Crippen LogP contribution in [0.1, 0.15) is 50.3 Å². The highest BCUT2D eigenvalue weighted by Crippen LogP contribution is 2.30. The molecule has 1 aliphatic heterocycles. The number of aromatic nitrogens is 2. The van der Waals surface area contributed by atoms with Gasteiger partial charge in [0.1, 0.15) is 0 Å². The third-order valence-electron chi connectivity index (χ3n) is 4.43. The van der Waals surface area contributed by atoms with Crippen LogP contribution in [-0.2, 0) is 11.3 Å². The van der Waals surface area contributed by atoms with Gasteiger partial charge >= 0.3 is 6.03 Å². The van der Waals surface area contributed by atoms with Crippen molar-refractivity contribution in [2.75, 3.05) is 11.9 Å². The first-order valence-corrected chi connectivity index (χ1v) is 8.90. The highest BCUT2D eigenvalue weighted by Gasteiger charge is 2.28. The topological polar surface area (TPSA) is 70.2 Å². The van der Waals surface area contributed by atoms with Crippen LogP contribution < -0.4 is 5.32 Å². The smallest absolute Gasteiger partial charge is 0.322 e. The summed E-state index contributed by atoms with van der Waals surface area (Å²) in [6.07, 6.45) is 6.99. The Morgan fingerprint density at radius 2 is 2.32 bits per heavy atom. The number of piperidine rings is 1. The van der Waals surface area contributed by atoms with Crippen molar-refractivity contribution >= 4 is 11.7 Å². The van der Waals surface area contributed by atoms with Crippen molar-refractivity contribution in [1.82, 2.24) is 15.1 Å². The second-order valence-electron chi connectivity index (χ2n) is 6.73. The van der Waals surface area contributed by atoms with Crippen LogP contribution in [0.5, 0.6) is 0 Å². The summed E-state index contributed by atoms with van der Waals surface area (Å²) in [5.74, 6) is 0. The van der Waals surface area contributed by atoms with E-state index in [0.717, 1.165) is 42.6 Å². The molecule has 2 N–H and O–H groups in total. The van der Waals surface area contributed by atoms with E-state index in [2.05, 4.69) is 15.5 Å². The third kappa shape index (κ3) is 4.60. The average molecular weight is 342 g/mol. The fourth-order valence-corrected chi connectivity index (χ4v) is 3.16. The predicted octanol–water partition coefficient (Wildman–Crippen LogP) is 4.09. The normalized spacial score (nSPS) is 17.7. The van der Waals surface area contributed by atoms with Gasteiger partial charge < -0.3 is 15.0 Å². The standard InChI is InChI=1S/C19H26N4O2/c1-14(2)25-13-15-6-5-7-17(10-15)22-19(24)23-9-4-3-8-18(23)16-11-20-21-12-16/h5-7,10-12,14,18H,3-4,8-9,13H2,1-2H3,(H,20,21)(H,22,24)/t18-/m0/s1. The Morgan fingerprint density at radius 1 is 1.44 bits per heavy atom. The van der Waals surface area contributed by atoms with Crippen LogP contribution in [0, 0.1) is 0 Å². The van der Waals surface area contributed by atoms with E-state index in [1.165, 1.54) is 0 Å². The highest BCUT2D eigenvalue weighted by molar-refractivity contribution is 5.89. The molecule has 6 nitrogen and oxygen atoms in total. The van der Waals surface area contributed by atoms with Gasteiger partial charge in [-0.05, 0) is 50.8 Å². The quantitative estimate of drug-likeness (QED) is 0.859. The lowest BCUT2D eigenvalue weighted by Gasteiger charge is -2.35. The van der Waals surface area contributed by atoms with Crippen molar-refractivity contribution in [3.05, 3.63) is 47.8 Å². The summed E-state index contributed by atoms with van der Waals surface area (Å²) in [6.45, 7) is 5.33. The molecular formula is C19H26N4O2. The van der Waals surface area contributed by atoms with Gasteiger partial charge in [0, 0.05) is 24.0 Å². The number of nitrogens with zero attached hydrogens (tertiary/aromatic N) is 2. The third-order valence-corrected chi connectivity index (χ3v) is 4.43. The summed E-state index contributed by atoms with van der Waals surface area (Å²) in [7, 11) is 0. The minimum Gasteiger partial charge on any atom is -0.374 e. The molecule has 0 saturated carbocycles. The van der Waals surface area contributed by atoms with Gasteiger partial charge in [0.2, 0.25) is 0 Å². The molecule has 1 aromatic carbocycles. The van der Waals surface area contributed by atoms with Crippen LogP contribution >= 0.6 is 0 Å². The van der Waals surface area contributed by atoms with Crippen molar-refractivity contribution in [1.29, 1.82) is 0 Å². The fraction of sp³-hybridized carbons (Fsp3) is 0.474.